The highest BCUT2D eigenvalue weighted by Crippen LogP contribution is 2.42. The van der Waals surface area contributed by atoms with Crippen LogP contribution >= 0.6 is 11.3 Å². The van der Waals surface area contributed by atoms with E-state index < -0.39 is 22.1 Å². The number of amides is 1. The van der Waals surface area contributed by atoms with Gasteiger partial charge in [-0.3, -0.25) is 9.52 Å². The highest BCUT2D eigenvalue weighted by atomic mass is 32.2. The second-order valence-electron chi connectivity index (χ2n) is 5.99. The fourth-order valence-electron chi connectivity index (χ4n) is 2.60. The van der Waals surface area contributed by atoms with Gasteiger partial charge in [-0.25, -0.2) is 13.2 Å². The molecular weight excluding hydrogens is 416 g/mol. The first-order chi connectivity index (χ1) is 13.7. The minimum atomic E-state index is -3.97. The summed E-state index contributed by atoms with van der Waals surface area (Å²) in [5.74, 6) is -0.579. The molecule has 0 fully saturated rings. The SMILES string of the molecule is Cc1ccccc1S(=O)(=O)Nc1cc(-c2ccc(C(N)=O)cc2)sc1OC(=O)O. The number of sulfonamides is 1. The largest absolute Gasteiger partial charge is 0.512 e. The van der Waals surface area contributed by atoms with E-state index in [1.165, 1.54) is 24.3 Å². The van der Waals surface area contributed by atoms with Crippen molar-refractivity contribution in [2.75, 3.05) is 4.72 Å². The normalized spacial score (nSPS) is 11.1. The van der Waals surface area contributed by atoms with Crippen LogP contribution in [0.1, 0.15) is 15.9 Å². The van der Waals surface area contributed by atoms with Crippen LogP contribution in [-0.4, -0.2) is 25.6 Å². The van der Waals surface area contributed by atoms with Gasteiger partial charge in [0.1, 0.15) is 5.69 Å². The van der Waals surface area contributed by atoms with E-state index in [4.69, 9.17) is 15.6 Å². The Kier molecular flexibility index (Phi) is 5.57. The number of aryl methyl sites for hydroxylation is 1. The molecule has 2 aromatic carbocycles. The molecular formula is C19H16N2O6S2. The number of carbonyl (C=O) groups is 2. The molecule has 1 heterocycles. The minimum absolute atomic E-state index is 0.00497. The summed E-state index contributed by atoms with van der Waals surface area (Å²) in [5, 5.41) is 8.86. The molecule has 3 aromatic rings. The van der Waals surface area contributed by atoms with Crippen molar-refractivity contribution in [1.82, 2.24) is 0 Å². The quantitative estimate of drug-likeness (QED) is 0.508. The van der Waals surface area contributed by atoms with Crippen molar-refractivity contribution >= 4 is 39.1 Å². The number of benzene rings is 2. The molecule has 150 valence electrons. The molecule has 3 rings (SSSR count). The number of nitrogens with two attached hydrogens (primary N) is 1. The van der Waals surface area contributed by atoms with E-state index in [1.54, 1.807) is 37.3 Å². The van der Waals surface area contributed by atoms with E-state index >= 15 is 0 Å². The van der Waals surface area contributed by atoms with Gasteiger partial charge in [0.2, 0.25) is 11.0 Å². The maximum absolute atomic E-state index is 12.8. The number of carboxylic acid groups (broad SMARTS) is 1. The predicted octanol–water partition coefficient (Wildman–Crippen LogP) is 3.68. The van der Waals surface area contributed by atoms with Gasteiger partial charge in [0.05, 0.1) is 4.90 Å². The summed E-state index contributed by atoms with van der Waals surface area (Å²) in [4.78, 5) is 22.9. The fraction of sp³-hybridized carbons (Fsp3) is 0.0526. The van der Waals surface area contributed by atoms with Gasteiger partial charge in [-0.05, 0) is 42.3 Å². The zero-order valence-electron chi connectivity index (χ0n) is 15.1. The highest BCUT2D eigenvalue weighted by Gasteiger charge is 2.22. The predicted molar refractivity (Wildman–Crippen MR) is 109 cm³/mol. The molecule has 0 spiro atoms. The molecule has 0 radical (unpaired) electrons. The number of anilines is 1. The lowest BCUT2D eigenvalue weighted by Crippen LogP contribution is -2.15. The molecule has 0 aliphatic rings. The molecule has 8 nitrogen and oxygen atoms in total. The average Bonchev–Trinajstić information content (AvgIpc) is 3.03. The Morgan fingerprint density at radius 1 is 1.10 bits per heavy atom. The van der Waals surface area contributed by atoms with Crippen molar-refractivity contribution < 1.29 is 27.9 Å². The summed E-state index contributed by atoms with van der Waals surface area (Å²) in [6.45, 7) is 1.66. The lowest BCUT2D eigenvalue weighted by molar-refractivity contribution is 0.1000. The number of hydrogen-bond donors (Lipinski definition) is 3. The summed E-state index contributed by atoms with van der Waals surface area (Å²) in [6.07, 6.45) is -1.57. The number of ether oxygens (including phenoxy) is 1. The molecule has 0 aliphatic carbocycles. The Bertz CT molecular complexity index is 1180. The lowest BCUT2D eigenvalue weighted by Gasteiger charge is -2.10. The van der Waals surface area contributed by atoms with Crippen LogP contribution in [0.25, 0.3) is 10.4 Å². The second kappa shape index (κ2) is 7.94. The summed E-state index contributed by atoms with van der Waals surface area (Å²) in [6, 6.07) is 14.2. The Hall–Kier alpha value is -3.37. The first kappa shape index (κ1) is 20.4. The number of nitrogens with one attached hydrogen (secondary N) is 1. The van der Waals surface area contributed by atoms with Gasteiger partial charge in [0, 0.05) is 10.4 Å². The number of rotatable bonds is 6. The van der Waals surface area contributed by atoms with Gasteiger partial charge in [-0.1, -0.05) is 41.7 Å². The van der Waals surface area contributed by atoms with Crippen LogP contribution in [0, 0.1) is 6.92 Å². The van der Waals surface area contributed by atoms with Gasteiger partial charge in [0.15, 0.2) is 0 Å². The van der Waals surface area contributed by atoms with E-state index in [2.05, 4.69) is 4.72 Å². The molecule has 0 bridgehead atoms. The van der Waals surface area contributed by atoms with E-state index in [9.17, 15) is 18.0 Å². The Labute approximate surface area is 170 Å². The van der Waals surface area contributed by atoms with Crippen molar-refractivity contribution in [3.8, 4) is 15.5 Å². The minimum Gasteiger partial charge on any atom is -0.449 e. The Morgan fingerprint density at radius 3 is 2.34 bits per heavy atom. The fourth-order valence-corrected chi connectivity index (χ4v) is 4.93. The van der Waals surface area contributed by atoms with Crippen molar-refractivity contribution in [3.63, 3.8) is 0 Å². The smallest absolute Gasteiger partial charge is 0.449 e. The van der Waals surface area contributed by atoms with Crippen LogP contribution in [0.4, 0.5) is 10.5 Å². The van der Waals surface area contributed by atoms with Crippen molar-refractivity contribution in [2.45, 2.75) is 11.8 Å². The van der Waals surface area contributed by atoms with Gasteiger partial charge >= 0.3 is 6.16 Å². The van der Waals surface area contributed by atoms with Crippen LogP contribution in [-0.2, 0) is 10.0 Å². The molecule has 0 aliphatic heterocycles. The summed E-state index contributed by atoms with van der Waals surface area (Å²) >= 11 is 0.949. The topological polar surface area (TPSA) is 136 Å². The van der Waals surface area contributed by atoms with Crippen LogP contribution < -0.4 is 15.2 Å². The molecule has 29 heavy (non-hydrogen) atoms. The van der Waals surface area contributed by atoms with Crippen molar-refractivity contribution in [2.24, 2.45) is 5.73 Å². The third kappa shape index (κ3) is 4.55. The van der Waals surface area contributed by atoms with Gasteiger partial charge in [0.25, 0.3) is 10.0 Å². The number of hydrogen-bond acceptors (Lipinski definition) is 6. The summed E-state index contributed by atoms with van der Waals surface area (Å²) in [5.41, 5.74) is 6.71. The number of carbonyl (C=O) groups excluding carboxylic acids is 1. The number of thiophene rings is 1. The standard InChI is InChI=1S/C19H16N2O6S2/c1-11-4-2-3-5-16(11)29(25,26)21-14-10-15(28-18(14)27-19(23)24)12-6-8-13(9-7-12)17(20)22/h2-10,21H,1H3,(H2,20,22)(H,23,24). The second-order valence-corrected chi connectivity index (χ2v) is 8.66. The highest BCUT2D eigenvalue weighted by molar-refractivity contribution is 7.92. The maximum atomic E-state index is 12.8. The Morgan fingerprint density at radius 2 is 1.76 bits per heavy atom. The van der Waals surface area contributed by atoms with E-state index in [0.717, 1.165) is 11.3 Å². The first-order valence-electron chi connectivity index (χ1n) is 8.20. The molecule has 10 heteroatoms. The van der Waals surface area contributed by atoms with Crippen LogP contribution in [0.3, 0.4) is 0 Å². The molecule has 0 atom stereocenters. The van der Waals surface area contributed by atoms with E-state index in [0.29, 0.717) is 21.6 Å². The molecule has 1 aromatic heterocycles. The molecule has 1 amide bonds. The first-order valence-corrected chi connectivity index (χ1v) is 10.5. The third-order valence-corrected chi connectivity index (χ3v) is 6.55. The van der Waals surface area contributed by atoms with Crippen LogP contribution in [0.2, 0.25) is 0 Å². The van der Waals surface area contributed by atoms with E-state index in [-0.39, 0.29) is 15.6 Å². The summed E-state index contributed by atoms with van der Waals surface area (Å²) in [7, 11) is -3.97. The van der Waals surface area contributed by atoms with Gasteiger partial charge in [-0.15, -0.1) is 0 Å². The van der Waals surface area contributed by atoms with Crippen molar-refractivity contribution in [1.29, 1.82) is 0 Å². The third-order valence-electron chi connectivity index (χ3n) is 3.96. The van der Waals surface area contributed by atoms with Crippen LogP contribution in [0.5, 0.6) is 5.06 Å². The summed E-state index contributed by atoms with van der Waals surface area (Å²) < 4.78 is 32.7. The number of primary amides is 1. The van der Waals surface area contributed by atoms with Gasteiger partial charge < -0.3 is 15.6 Å². The van der Waals surface area contributed by atoms with Crippen LogP contribution in [0.15, 0.2) is 59.5 Å². The average molecular weight is 432 g/mol. The lowest BCUT2D eigenvalue weighted by atomic mass is 10.1. The Balaban J connectivity index is 2.00. The van der Waals surface area contributed by atoms with E-state index in [1.807, 2.05) is 0 Å². The zero-order chi connectivity index (χ0) is 21.2. The monoisotopic (exact) mass is 432 g/mol. The van der Waals surface area contributed by atoms with Gasteiger partial charge in [-0.2, -0.15) is 0 Å². The maximum Gasteiger partial charge on any atom is 0.512 e. The molecule has 0 unspecified atom stereocenters. The zero-order valence-corrected chi connectivity index (χ0v) is 16.7. The molecule has 0 saturated heterocycles. The molecule has 0 saturated carbocycles. The molecule has 4 N–H and O–H groups in total. The van der Waals surface area contributed by atoms with Crippen molar-refractivity contribution in [3.05, 3.63) is 65.7 Å².